The largest absolute Gasteiger partial charge is 0.444 e. The van der Waals surface area contributed by atoms with Gasteiger partial charge in [0.15, 0.2) is 0 Å². The number of aromatic amines is 1. The smallest absolute Gasteiger partial charge is 0.408 e. The van der Waals surface area contributed by atoms with E-state index in [0.717, 1.165) is 22.4 Å². The molecular weight excluding hydrogens is 534 g/mol. The molecule has 1 unspecified atom stereocenters. The molecule has 3 aromatic rings. The van der Waals surface area contributed by atoms with E-state index in [0.29, 0.717) is 31.0 Å². The number of carbonyl (C=O) groups excluding carboxylic acids is 3. The van der Waals surface area contributed by atoms with Crippen LogP contribution in [0.25, 0.3) is 11.0 Å². The van der Waals surface area contributed by atoms with Crippen molar-refractivity contribution in [2.45, 2.75) is 57.2 Å². The Hall–Kier alpha value is -3.86. The minimum atomic E-state index is -1.27. The first kappa shape index (κ1) is 29.1. The second-order valence-electron chi connectivity index (χ2n) is 11.2. The molecule has 1 atom stereocenters. The lowest BCUT2D eigenvalue weighted by Gasteiger charge is -2.42. The molecule has 1 aromatic carbocycles. The van der Waals surface area contributed by atoms with Gasteiger partial charge in [-0.2, -0.15) is 0 Å². The summed E-state index contributed by atoms with van der Waals surface area (Å²) in [6.07, 6.45) is 3.26. The third kappa shape index (κ3) is 6.82. The molecule has 4 rings (SSSR count). The fourth-order valence-corrected chi connectivity index (χ4v) is 4.85. The Morgan fingerprint density at radius 2 is 1.80 bits per heavy atom. The number of hydrogen-bond acceptors (Lipinski definition) is 7. The van der Waals surface area contributed by atoms with Crippen LogP contribution >= 0.6 is 11.6 Å². The predicted octanol–water partition coefficient (Wildman–Crippen LogP) is 3.81. The summed E-state index contributed by atoms with van der Waals surface area (Å²) in [7, 11) is 3.33. The topological polar surface area (TPSA) is 133 Å². The van der Waals surface area contributed by atoms with Gasteiger partial charge in [0.2, 0.25) is 11.8 Å². The molecule has 3 amide bonds. The molecule has 1 aliphatic heterocycles. The van der Waals surface area contributed by atoms with Gasteiger partial charge < -0.3 is 30.2 Å². The van der Waals surface area contributed by atoms with Crippen LogP contribution in [0.4, 0.5) is 10.6 Å². The molecule has 12 heteroatoms. The second kappa shape index (κ2) is 11.7. The molecule has 0 saturated carbocycles. The van der Waals surface area contributed by atoms with Crippen LogP contribution in [0.5, 0.6) is 0 Å². The zero-order valence-corrected chi connectivity index (χ0v) is 24.2. The van der Waals surface area contributed by atoms with Crippen LogP contribution in [0.3, 0.4) is 0 Å². The summed E-state index contributed by atoms with van der Waals surface area (Å²) in [4.78, 5) is 55.1. The van der Waals surface area contributed by atoms with E-state index in [1.165, 1.54) is 11.2 Å². The van der Waals surface area contributed by atoms with Gasteiger partial charge in [-0.3, -0.25) is 9.59 Å². The van der Waals surface area contributed by atoms with Gasteiger partial charge in [0.1, 0.15) is 28.9 Å². The van der Waals surface area contributed by atoms with Crippen LogP contribution in [0.1, 0.15) is 51.6 Å². The quantitative estimate of drug-likeness (QED) is 0.394. The fraction of sp³-hybridized carbons (Fsp3) is 0.464. The molecular formula is C28H36ClN7O4. The minimum absolute atomic E-state index is 0.0431. The lowest BCUT2D eigenvalue weighted by Crippen LogP contribution is -2.64. The number of anilines is 1. The molecule has 1 saturated heterocycles. The van der Waals surface area contributed by atoms with Crippen molar-refractivity contribution in [1.29, 1.82) is 0 Å². The van der Waals surface area contributed by atoms with E-state index in [2.05, 4.69) is 30.5 Å². The third-order valence-corrected chi connectivity index (χ3v) is 7.13. The minimum Gasteiger partial charge on any atom is -0.444 e. The Labute approximate surface area is 238 Å². The summed E-state index contributed by atoms with van der Waals surface area (Å²) in [5.41, 5.74) is -0.557. The molecule has 0 aliphatic carbocycles. The van der Waals surface area contributed by atoms with Crippen molar-refractivity contribution in [3.05, 3.63) is 53.4 Å². The number of H-pyrrole nitrogens is 1. The maximum atomic E-state index is 14.1. The Kier molecular flexibility index (Phi) is 8.53. The molecule has 3 heterocycles. The van der Waals surface area contributed by atoms with Gasteiger partial charge in [0.05, 0.1) is 17.8 Å². The Balaban J connectivity index is 1.60. The second-order valence-corrected chi connectivity index (χ2v) is 11.6. The van der Waals surface area contributed by atoms with Gasteiger partial charge in [-0.15, -0.1) is 0 Å². The number of ether oxygens (including phenoxy) is 1. The van der Waals surface area contributed by atoms with Gasteiger partial charge in [-0.25, -0.2) is 14.8 Å². The number of amides is 3. The molecule has 214 valence electrons. The summed E-state index contributed by atoms with van der Waals surface area (Å²) < 4.78 is 5.53. The van der Waals surface area contributed by atoms with Gasteiger partial charge >= 0.3 is 6.09 Å². The molecule has 3 N–H and O–H groups in total. The molecule has 0 bridgehead atoms. The zero-order valence-electron chi connectivity index (χ0n) is 23.5. The van der Waals surface area contributed by atoms with Crippen LogP contribution in [-0.4, -0.2) is 76.1 Å². The van der Waals surface area contributed by atoms with Crippen LogP contribution in [0.15, 0.2) is 42.9 Å². The van der Waals surface area contributed by atoms with Crippen molar-refractivity contribution < 1.29 is 19.1 Å². The van der Waals surface area contributed by atoms with Crippen molar-refractivity contribution >= 4 is 46.4 Å². The number of nitrogens with zero attached hydrogens (tertiary/aromatic N) is 4. The third-order valence-electron chi connectivity index (χ3n) is 6.88. The van der Waals surface area contributed by atoms with Crippen molar-refractivity contribution in [3.8, 4) is 0 Å². The summed E-state index contributed by atoms with van der Waals surface area (Å²) in [5, 5.41) is 7.35. The Morgan fingerprint density at radius 1 is 1.12 bits per heavy atom. The van der Waals surface area contributed by atoms with Gasteiger partial charge in [-0.05, 0) is 57.4 Å². The van der Waals surface area contributed by atoms with Crippen LogP contribution in [0, 0.1) is 0 Å². The average Bonchev–Trinajstić information content (AvgIpc) is 3.37. The van der Waals surface area contributed by atoms with Crippen LogP contribution < -0.4 is 15.5 Å². The number of benzene rings is 1. The van der Waals surface area contributed by atoms with Crippen molar-refractivity contribution in [1.82, 2.24) is 30.5 Å². The molecule has 1 aliphatic rings. The summed E-state index contributed by atoms with van der Waals surface area (Å²) >= 11 is 6.09. The lowest BCUT2D eigenvalue weighted by molar-refractivity contribution is -0.131. The number of halogens is 1. The van der Waals surface area contributed by atoms with E-state index in [9.17, 15) is 14.4 Å². The highest BCUT2D eigenvalue weighted by Gasteiger charge is 2.45. The maximum absolute atomic E-state index is 14.1. The van der Waals surface area contributed by atoms with Gasteiger partial charge in [-0.1, -0.05) is 23.7 Å². The molecule has 0 radical (unpaired) electrons. The normalized spacial score (nSPS) is 15.8. The van der Waals surface area contributed by atoms with Crippen molar-refractivity contribution in [2.24, 2.45) is 0 Å². The number of fused-ring (bicyclic) bond motifs is 1. The maximum Gasteiger partial charge on any atom is 0.408 e. The first-order chi connectivity index (χ1) is 18.9. The zero-order chi connectivity index (χ0) is 29.1. The number of alkyl carbamates (subject to hydrolysis) is 1. The highest BCUT2D eigenvalue weighted by atomic mass is 35.5. The fourth-order valence-electron chi connectivity index (χ4n) is 4.72. The lowest BCUT2D eigenvalue weighted by atomic mass is 9.85. The summed E-state index contributed by atoms with van der Waals surface area (Å²) in [5.74, 6) is 0.218. The number of nitrogens with one attached hydrogen (secondary N) is 3. The van der Waals surface area contributed by atoms with Crippen LogP contribution in [0.2, 0.25) is 5.02 Å². The number of aromatic nitrogens is 3. The highest BCUT2D eigenvalue weighted by molar-refractivity contribution is 6.30. The molecule has 40 heavy (non-hydrogen) atoms. The van der Waals surface area contributed by atoms with E-state index in [4.69, 9.17) is 16.3 Å². The predicted molar refractivity (Wildman–Crippen MR) is 153 cm³/mol. The highest BCUT2D eigenvalue weighted by Crippen LogP contribution is 2.31. The molecule has 1 fully saturated rings. The SMILES string of the molecule is CN(C)C(=O)CC(NC(=O)C1(NC(=O)OC(C)(C)C)CCN(c2ncnc3[nH]ccc23)CC1)c1ccc(Cl)cc1. The van der Waals surface area contributed by atoms with E-state index >= 15 is 0 Å². The number of carbonyl (C=O) groups is 3. The van der Waals surface area contributed by atoms with Gasteiger partial charge in [0.25, 0.3) is 0 Å². The van der Waals surface area contributed by atoms with E-state index in [1.807, 2.05) is 6.07 Å². The Bertz CT molecular complexity index is 1360. The van der Waals surface area contributed by atoms with E-state index < -0.39 is 23.3 Å². The first-order valence-electron chi connectivity index (χ1n) is 13.2. The van der Waals surface area contributed by atoms with Crippen LogP contribution in [-0.2, 0) is 14.3 Å². The van der Waals surface area contributed by atoms with E-state index in [-0.39, 0.29) is 18.2 Å². The number of hydrogen-bond donors (Lipinski definition) is 3. The van der Waals surface area contributed by atoms with Crippen molar-refractivity contribution in [2.75, 3.05) is 32.1 Å². The van der Waals surface area contributed by atoms with E-state index in [1.54, 1.807) is 65.3 Å². The van der Waals surface area contributed by atoms with Gasteiger partial charge in [0, 0.05) is 38.4 Å². The van der Waals surface area contributed by atoms with Crippen molar-refractivity contribution in [3.63, 3.8) is 0 Å². The molecule has 2 aromatic heterocycles. The summed E-state index contributed by atoms with van der Waals surface area (Å²) in [6, 6.07) is 8.28. The molecule has 0 spiro atoms. The standard InChI is InChI=1S/C28H36ClN7O4/c1-27(2,3)40-26(39)34-28(11-14-36(15-12-28)24-20-10-13-30-23(20)31-17-32-24)25(38)33-21(16-22(37)35(4)5)18-6-8-19(29)9-7-18/h6-10,13,17,21H,11-12,14-16H2,1-5H3,(H,33,38)(H,34,39)(H,30,31,32). The first-order valence-corrected chi connectivity index (χ1v) is 13.6. The number of rotatable bonds is 7. The average molecular weight is 570 g/mol. The number of piperidine rings is 1. The summed E-state index contributed by atoms with van der Waals surface area (Å²) in [6.45, 7) is 6.19. The molecule has 11 nitrogen and oxygen atoms in total. The Morgan fingerprint density at radius 3 is 2.42 bits per heavy atom. The monoisotopic (exact) mass is 569 g/mol.